The molecule has 21 heavy (non-hydrogen) atoms. The molecule has 1 atom stereocenters. The number of aliphatic hydroxyl groups excluding tert-OH is 1. The van der Waals surface area contributed by atoms with Crippen LogP contribution in [0.4, 0.5) is 0 Å². The molecule has 0 aliphatic rings. The molecule has 1 unspecified atom stereocenters. The smallest absolute Gasteiger partial charge is 0.240 e. The second kappa shape index (κ2) is 7.29. The number of hydrogen-bond acceptors (Lipinski definition) is 6. The largest absolute Gasteiger partial charge is 0.392 e. The fraction of sp³-hybridized carbons (Fsp3) is 0.455. The first-order valence-electron chi connectivity index (χ1n) is 6.14. The standard InChI is InChI=1S/C11H19N3O5S2/c1-9(15)8-13-5-6-14-21(18,19)11-4-2-3-10(7-11)20(12,16)17/h2-4,7,9,13-15H,5-6,8H2,1H3,(H2,12,16,17). The van der Waals surface area contributed by atoms with Crippen molar-refractivity contribution < 1.29 is 21.9 Å². The van der Waals surface area contributed by atoms with Gasteiger partial charge in [-0.1, -0.05) is 6.07 Å². The zero-order chi connectivity index (χ0) is 16.1. The summed E-state index contributed by atoms with van der Waals surface area (Å²) in [6, 6.07) is 4.81. The zero-order valence-electron chi connectivity index (χ0n) is 11.5. The van der Waals surface area contributed by atoms with Gasteiger partial charge in [0.05, 0.1) is 15.9 Å². The Labute approximate surface area is 124 Å². The zero-order valence-corrected chi connectivity index (χ0v) is 13.1. The van der Waals surface area contributed by atoms with Gasteiger partial charge >= 0.3 is 0 Å². The quantitative estimate of drug-likeness (QED) is 0.430. The summed E-state index contributed by atoms with van der Waals surface area (Å²) in [6.07, 6.45) is -0.520. The second-order valence-electron chi connectivity index (χ2n) is 4.47. The molecule has 0 aliphatic carbocycles. The molecule has 10 heteroatoms. The van der Waals surface area contributed by atoms with Crippen LogP contribution >= 0.6 is 0 Å². The number of hydrogen-bond donors (Lipinski definition) is 4. The van der Waals surface area contributed by atoms with Crippen LogP contribution < -0.4 is 15.2 Å². The molecule has 0 heterocycles. The van der Waals surface area contributed by atoms with Crippen molar-refractivity contribution in [1.82, 2.24) is 10.0 Å². The summed E-state index contributed by atoms with van der Waals surface area (Å²) in [5.74, 6) is 0. The van der Waals surface area contributed by atoms with Crippen molar-refractivity contribution in [1.29, 1.82) is 0 Å². The minimum absolute atomic E-state index is 0.106. The Bertz CT molecular complexity index is 671. The van der Waals surface area contributed by atoms with E-state index in [2.05, 4.69) is 10.0 Å². The van der Waals surface area contributed by atoms with E-state index < -0.39 is 26.2 Å². The molecule has 0 saturated heterocycles. The molecule has 0 fully saturated rings. The van der Waals surface area contributed by atoms with Crippen LogP contribution in [0.1, 0.15) is 6.92 Å². The Hall–Kier alpha value is -1.04. The molecule has 1 rings (SSSR count). The predicted molar refractivity (Wildman–Crippen MR) is 77.6 cm³/mol. The highest BCUT2D eigenvalue weighted by molar-refractivity contribution is 7.90. The average Bonchev–Trinajstić information content (AvgIpc) is 2.37. The summed E-state index contributed by atoms with van der Waals surface area (Å²) in [5.41, 5.74) is 0. The minimum Gasteiger partial charge on any atom is -0.392 e. The lowest BCUT2D eigenvalue weighted by molar-refractivity contribution is 0.192. The van der Waals surface area contributed by atoms with Gasteiger partial charge in [-0.05, 0) is 25.1 Å². The van der Waals surface area contributed by atoms with Crippen LogP contribution in [0.3, 0.4) is 0 Å². The number of nitrogens with two attached hydrogens (primary N) is 1. The summed E-state index contributed by atoms with van der Waals surface area (Å²) in [6.45, 7) is 2.40. The number of nitrogens with one attached hydrogen (secondary N) is 2. The Morgan fingerprint density at radius 1 is 1.19 bits per heavy atom. The number of sulfonamides is 2. The third-order valence-electron chi connectivity index (χ3n) is 2.48. The molecule has 0 spiro atoms. The molecule has 5 N–H and O–H groups in total. The molecule has 0 radical (unpaired) electrons. The first-order valence-corrected chi connectivity index (χ1v) is 9.17. The van der Waals surface area contributed by atoms with Gasteiger partial charge in [0.2, 0.25) is 20.0 Å². The van der Waals surface area contributed by atoms with E-state index in [1.807, 2.05) is 0 Å². The minimum atomic E-state index is -3.96. The summed E-state index contributed by atoms with van der Waals surface area (Å²) in [5, 5.41) is 16.8. The molecular weight excluding hydrogens is 318 g/mol. The molecule has 1 aromatic carbocycles. The van der Waals surface area contributed by atoms with E-state index in [9.17, 15) is 16.8 Å². The van der Waals surface area contributed by atoms with E-state index >= 15 is 0 Å². The molecule has 1 aromatic rings. The predicted octanol–water partition coefficient (Wildman–Crippen LogP) is -1.42. The average molecular weight is 337 g/mol. The SMILES string of the molecule is CC(O)CNCCNS(=O)(=O)c1cccc(S(N)(=O)=O)c1. The van der Waals surface area contributed by atoms with E-state index in [0.717, 1.165) is 6.07 Å². The third kappa shape index (κ3) is 6.08. The van der Waals surface area contributed by atoms with E-state index in [1.54, 1.807) is 6.92 Å². The fourth-order valence-corrected chi connectivity index (χ4v) is 3.20. The number of benzene rings is 1. The van der Waals surface area contributed by atoms with Crippen LogP contribution in [-0.2, 0) is 20.0 Å². The van der Waals surface area contributed by atoms with Crippen molar-refractivity contribution >= 4 is 20.0 Å². The van der Waals surface area contributed by atoms with Crippen molar-refractivity contribution in [2.75, 3.05) is 19.6 Å². The molecule has 0 amide bonds. The summed E-state index contributed by atoms with van der Waals surface area (Å²) < 4.78 is 48.7. The molecule has 120 valence electrons. The first-order chi connectivity index (χ1) is 9.63. The molecule has 0 aliphatic heterocycles. The van der Waals surface area contributed by atoms with E-state index in [1.165, 1.54) is 18.2 Å². The Kier molecular flexibility index (Phi) is 6.25. The molecule has 8 nitrogen and oxygen atoms in total. The lowest BCUT2D eigenvalue weighted by Gasteiger charge is -2.09. The van der Waals surface area contributed by atoms with Gasteiger partial charge in [0.25, 0.3) is 0 Å². The topological polar surface area (TPSA) is 139 Å². The number of primary sulfonamides is 1. The third-order valence-corrected chi connectivity index (χ3v) is 4.85. The maximum atomic E-state index is 12.0. The molecule has 0 aromatic heterocycles. The van der Waals surface area contributed by atoms with Crippen LogP contribution in [0.5, 0.6) is 0 Å². The van der Waals surface area contributed by atoms with Gasteiger partial charge in [0, 0.05) is 19.6 Å². The Morgan fingerprint density at radius 3 is 2.38 bits per heavy atom. The Morgan fingerprint density at radius 2 is 1.81 bits per heavy atom. The van der Waals surface area contributed by atoms with Gasteiger partial charge in [-0.2, -0.15) is 0 Å². The maximum absolute atomic E-state index is 12.0. The fourth-order valence-electron chi connectivity index (χ4n) is 1.49. The number of aliphatic hydroxyl groups is 1. The van der Waals surface area contributed by atoms with Gasteiger partial charge in [0.15, 0.2) is 0 Å². The van der Waals surface area contributed by atoms with E-state index in [4.69, 9.17) is 10.2 Å². The van der Waals surface area contributed by atoms with Crippen molar-refractivity contribution in [3.63, 3.8) is 0 Å². The van der Waals surface area contributed by atoms with Crippen molar-refractivity contribution in [2.45, 2.75) is 22.8 Å². The van der Waals surface area contributed by atoms with E-state index in [0.29, 0.717) is 13.1 Å². The highest BCUT2D eigenvalue weighted by Crippen LogP contribution is 2.14. The normalized spacial score (nSPS) is 14.0. The van der Waals surface area contributed by atoms with Crippen LogP contribution in [0, 0.1) is 0 Å². The summed E-state index contributed by atoms with van der Waals surface area (Å²) >= 11 is 0. The second-order valence-corrected chi connectivity index (χ2v) is 7.80. The summed E-state index contributed by atoms with van der Waals surface area (Å²) in [7, 11) is -7.77. The van der Waals surface area contributed by atoms with Crippen LogP contribution in [0.25, 0.3) is 0 Å². The van der Waals surface area contributed by atoms with Crippen LogP contribution in [-0.4, -0.2) is 47.7 Å². The van der Waals surface area contributed by atoms with Crippen LogP contribution in [0.15, 0.2) is 34.1 Å². The van der Waals surface area contributed by atoms with Gasteiger partial charge < -0.3 is 10.4 Å². The van der Waals surface area contributed by atoms with Gasteiger partial charge in [-0.15, -0.1) is 0 Å². The molecule has 0 saturated carbocycles. The van der Waals surface area contributed by atoms with Gasteiger partial charge in [-0.25, -0.2) is 26.7 Å². The highest BCUT2D eigenvalue weighted by Gasteiger charge is 2.16. The van der Waals surface area contributed by atoms with Crippen molar-refractivity contribution in [3.05, 3.63) is 24.3 Å². The lowest BCUT2D eigenvalue weighted by Crippen LogP contribution is -2.34. The van der Waals surface area contributed by atoms with Crippen molar-refractivity contribution in [2.24, 2.45) is 5.14 Å². The number of rotatable bonds is 8. The monoisotopic (exact) mass is 337 g/mol. The van der Waals surface area contributed by atoms with Gasteiger partial charge in [-0.3, -0.25) is 0 Å². The molecule has 0 bridgehead atoms. The van der Waals surface area contributed by atoms with E-state index in [-0.39, 0.29) is 16.3 Å². The van der Waals surface area contributed by atoms with Crippen LogP contribution in [0.2, 0.25) is 0 Å². The lowest BCUT2D eigenvalue weighted by atomic mass is 10.4. The summed E-state index contributed by atoms with van der Waals surface area (Å²) in [4.78, 5) is -0.442. The first kappa shape index (κ1) is 18.0. The molecular formula is C11H19N3O5S2. The highest BCUT2D eigenvalue weighted by atomic mass is 32.2. The van der Waals surface area contributed by atoms with Crippen molar-refractivity contribution in [3.8, 4) is 0 Å². The van der Waals surface area contributed by atoms with Gasteiger partial charge in [0.1, 0.15) is 0 Å². The maximum Gasteiger partial charge on any atom is 0.240 e. The Balaban J connectivity index is 2.71.